The molecule has 0 fully saturated rings. The van der Waals surface area contributed by atoms with Crippen LogP contribution in [0.2, 0.25) is 0 Å². The number of carbonyl (C=O) groups excluding carboxylic acids is 1. The number of nitrogens with zero attached hydrogens (tertiary/aromatic N) is 3. The molecular formula is C27H26FN3O3. The molecular weight excluding hydrogens is 433 g/mol. The number of halogens is 1. The van der Waals surface area contributed by atoms with Crippen LogP contribution in [0.25, 0.3) is 28.2 Å². The van der Waals surface area contributed by atoms with Gasteiger partial charge in [0.15, 0.2) is 0 Å². The number of alkyl halides is 1. The standard InChI is InChI=1S/C27H26FN3O3/c28-19-5-1-2-6-20-34-24-16-14-23(15-17-24)22-12-9-21(10-13-22)11-18-27(32)30-25-7-3-4-8-26(25)31(33)29-30/h3-4,7-18H,1-2,5-6,19-20H2/b18-11+. The van der Waals surface area contributed by atoms with Gasteiger partial charge in [0.05, 0.1) is 13.3 Å². The third-order valence-corrected chi connectivity index (χ3v) is 5.51. The summed E-state index contributed by atoms with van der Waals surface area (Å²) in [4.78, 5) is 13.0. The molecule has 0 aliphatic carbocycles. The SMILES string of the molecule is O=C(/C=C/c1ccc(-c2ccc(OCCCCCCF)cc2)cc1)n1n[n+]([O-])c2ccccc21. The first-order valence-corrected chi connectivity index (χ1v) is 11.3. The first kappa shape index (κ1) is 23.2. The minimum absolute atomic E-state index is 0.247. The largest absolute Gasteiger partial charge is 0.691 e. The Kier molecular flexibility index (Phi) is 7.65. The van der Waals surface area contributed by atoms with E-state index in [-0.39, 0.29) is 6.67 Å². The van der Waals surface area contributed by atoms with Crippen LogP contribution >= 0.6 is 0 Å². The highest BCUT2D eigenvalue weighted by Gasteiger charge is 2.18. The van der Waals surface area contributed by atoms with Gasteiger partial charge in [-0.15, -0.1) is 4.85 Å². The van der Waals surface area contributed by atoms with Crippen molar-refractivity contribution in [1.29, 1.82) is 0 Å². The summed E-state index contributed by atoms with van der Waals surface area (Å²) in [5.74, 6) is 0.422. The molecule has 0 aliphatic rings. The van der Waals surface area contributed by atoms with Crippen molar-refractivity contribution in [1.82, 2.24) is 9.90 Å². The van der Waals surface area contributed by atoms with E-state index in [1.54, 1.807) is 30.3 Å². The van der Waals surface area contributed by atoms with Gasteiger partial charge in [0.2, 0.25) is 11.0 Å². The Balaban J connectivity index is 1.34. The maximum atomic E-state index is 12.5. The number of ether oxygens (including phenoxy) is 1. The molecule has 0 bridgehead atoms. The van der Waals surface area contributed by atoms with Crippen molar-refractivity contribution in [2.45, 2.75) is 25.7 Å². The van der Waals surface area contributed by atoms with Crippen LogP contribution in [0.15, 0.2) is 78.9 Å². The number of benzene rings is 3. The molecule has 0 atom stereocenters. The minimum Gasteiger partial charge on any atom is -0.691 e. The quantitative estimate of drug-likeness (QED) is 0.134. The molecule has 174 valence electrons. The zero-order valence-electron chi connectivity index (χ0n) is 18.8. The summed E-state index contributed by atoms with van der Waals surface area (Å²) in [7, 11) is 0. The number of unbranched alkanes of at least 4 members (excludes halogenated alkanes) is 3. The zero-order valence-corrected chi connectivity index (χ0v) is 18.8. The van der Waals surface area contributed by atoms with Crippen LogP contribution in [-0.4, -0.2) is 29.1 Å². The van der Waals surface area contributed by atoms with Gasteiger partial charge in [0, 0.05) is 6.08 Å². The van der Waals surface area contributed by atoms with Gasteiger partial charge in [-0.05, 0) is 66.3 Å². The van der Waals surface area contributed by atoms with Crippen LogP contribution in [0.4, 0.5) is 4.39 Å². The van der Waals surface area contributed by atoms with Gasteiger partial charge < -0.3 is 9.94 Å². The predicted octanol–water partition coefficient (Wildman–Crippen LogP) is 5.60. The predicted molar refractivity (Wildman–Crippen MR) is 130 cm³/mol. The van der Waals surface area contributed by atoms with Crippen LogP contribution in [0.5, 0.6) is 5.75 Å². The molecule has 0 amide bonds. The van der Waals surface area contributed by atoms with E-state index >= 15 is 0 Å². The molecule has 0 unspecified atom stereocenters. The van der Waals surface area contributed by atoms with E-state index < -0.39 is 5.91 Å². The van der Waals surface area contributed by atoms with Crippen molar-refractivity contribution in [3.8, 4) is 16.9 Å². The fourth-order valence-corrected chi connectivity index (χ4v) is 3.65. The van der Waals surface area contributed by atoms with E-state index in [1.165, 1.54) is 6.08 Å². The maximum Gasteiger partial charge on any atom is 0.359 e. The first-order valence-electron chi connectivity index (χ1n) is 11.3. The zero-order chi connectivity index (χ0) is 23.8. The summed E-state index contributed by atoms with van der Waals surface area (Å²) in [5.41, 5.74) is 3.78. The molecule has 0 aliphatic heterocycles. The Morgan fingerprint density at radius 3 is 2.35 bits per heavy atom. The molecule has 0 N–H and O–H groups in total. The molecule has 4 rings (SSSR count). The van der Waals surface area contributed by atoms with E-state index in [4.69, 9.17) is 4.74 Å². The van der Waals surface area contributed by atoms with Crippen molar-refractivity contribution in [2.75, 3.05) is 13.3 Å². The van der Waals surface area contributed by atoms with Gasteiger partial charge >= 0.3 is 5.91 Å². The molecule has 7 heteroatoms. The van der Waals surface area contributed by atoms with Crippen LogP contribution < -0.4 is 9.58 Å². The third kappa shape index (κ3) is 5.67. The number of rotatable bonds is 10. The molecule has 6 nitrogen and oxygen atoms in total. The summed E-state index contributed by atoms with van der Waals surface area (Å²) < 4.78 is 18.9. The Morgan fingerprint density at radius 1 is 0.941 bits per heavy atom. The van der Waals surface area contributed by atoms with Crippen molar-refractivity contribution < 1.29 is 18.8 Å². The Labute approximate surface area is 197 Å². The van der Waals surface area contributed by atoms with Crippen molar-refractivity contribution >= 4 is 23.0 Å². The fourth-order valence-electron chi connectivity index (χ4n) is 3.65. The van der Waals surface area contributed by atoms with Crippen LogP contribution in [0.1, 0.15) is 36.0 Å². The third-order valence-electron chi connectivity index (χ3n) is 5.51. The fraction of sp³-hybridized carbons (Fsp3) is 0.222. The lowest BCUT2D eigenvalue weighted by Crippen LogP contribution is -2.30. The number of fused-ring (bicyclic) bond motifs is 1. The molecule has 0 saturated carbocycles. The van der Waals surface area contributed by atoms with Gasteiger partial charge in [0.1, 0.15) is 11.0 Å². The van der Waals surface area contributed by atoms with Crippen molar-refractivity contribution in [3.63, 3.8) is 0 Å². The Morgan fingerprint density at radius 2 is 1.62 bits per heavy atom. The molecule has 34 heavy (non-hydrogen) atoms. The van der Waals surface area contributed by atoms with Crippen LogP contribution in [-0.2, 0) is 0 Å². The van der Waals surface area contributed by atoms with E-state index in [1.807, 2.05) is 48.5 Å². The van der Waals surface area contributed by atoms with E-state index in [9.17, 15) is 14.4 Å². The lowest BCUT2D eigenvalue weighted by atomic mass is 10.0. The molecule has 3 aromatic carbocycles. The molecule has 0 saturated heterocycles. The molecule has 0 radical (unpaired) electrons. The maximum absolute atomic E-state index is 12.5. The monoisotopic (exact) mass is 459 g/mol. The van der Waals surface area contributed by atoms with Crippen molar-refractivity contribution in [3.05, 3.63) is 89.6 Å². The Bertz CT molecular complexity index is 1260. The number of carbonyl (C=O) groups is 1. The van der Waals surface area contributed by atoms with Gasteiger partial charge in [-0.2, -0.15) is 0 Å². The van der Waals surface area contributed by atoms with Gasteiger partial charge in [-0.25, -0.2) is 4.79 Å². The lowest BCUT2D eigenvalue weighted by Gasteiger charge is -2.07. The number of allylic oxidation sites excluding steroid dienone is 1. The lowest BCUT2D eigenvalue weighted by molar-refractivity contribution is -0.645. The first-order chi connectivity index (χ1) is 16.7. The summed E-state index contributed by atoms with van der Waals surface area (Å²) in [6.07, 6.45) is 6.53. The highest BCUT2D eigenvalue weighted by atomic mass is 19.1. The number of hydrogen-bond acceptors (Lipinski definition) is 4. The number of hydrogen-bond donors (Lipinski definition) is 0. The summed E-state index contributed by atoms with van der Waals surface area (Å²) in [5, 5.41) is 15.6. The topological polar surface area (TPSA) is 71.1 Å². The second-order valence-electron chi connectivity index (χ2n) is 7.93. The molecule has 0 spiro atoms. The average Bonchev–Trinajstić information content (AvgIpc) is 3.22. The van der Waals surface area contributed by atoms with Gasteiger partial charge in [0.25, 0.3) is 0 Å². The highest BCUT2D eigenvalue weighted by Crippen LogP contribution is 2.23. The minimum atomic E-state index is -0.395. The normalized spacial score (nSPS) is 11.3. The summed E-state index contributed by atoms with van der Waals surface area (Å²) in [6.45, 7) is 0.386. The smallest absolute Gasteiger partial charge is 0.359 e. The van der Waals surface area contributed by atoms with E-state index in [0.717, 1.165) is 46.4 Å². The highest BCUT2D eigenvalue weighted by molar-refractivity contribution is 5.97. The molecule has 4 aromatic rings. The second-order valence-corrected chi connectivity index (χ2v) is 7.93. The van der Waals surface area contributed by atoms with Gasteiger partial charge in [-0.1, -0.05) is 59.6 Å². The van der Waals surface area contributed by atoms with E-state index in [0.29, 0.717) is 28.9 Å². The molecule has 1 heterocycles. The second kappa shape index (κ2) is 11.2. The van der Waals surface area contributed by atoms with Crippen LogP contribution in [0.3, 0.4) is 0 Å². The van der Waals surface area contributed by atoms with Gasteiger partial charge in [-0.3, -0.25) is 4.39 Å². The number of para-hydroxylation sites is 2. The summed E-state index contributed by atoms with van der Waals surface area (Å²) in [6, 6.07) is 22.5. The van der Waals surface area contributed by atoms with E-state index in [2.05, 4.69) is 5.21 Å². The Hall–Kier alpha value is -4.00. The molecule has 1 aromatic heterocycles. The summed E-state index contributed by atoms with van der Waals surface area (Å²) >= 11 is 0. The van der Waals surface area contributed by atoms with Crippen molar-refractivity contribution in [2.24, 2.45) is 0 Å². The average molecular weight is 460 g/mol. The number of aromatic nitrogens is 3. The van der Waals surface area contributed by atoms with Crippen LogP contribution in [0, 0.1) is 5.21 Å².